The minimum absolute atomic E-state index is 0.197. The first-order valence-electron chi connectivity index (χ1n) is 3.28. The average Bonchev–Trinajstić information content (AvgIpc) is 1.98. The minimum Gasteiger partial charge on any atom is -0.394 e. The maximum atomic E-state index is 8.80. The Bertz CT molecular complexity index is 82.9. The van der Waals surface area contributed by atoms with Crippen LogP contribution in [0.1, 0.15) is 6.42 Å². The van der Waals surface area contributed by atoms with Gasteiger partial charge >= 0.3 is 0 Å². The zero-order chi connectivity index (χ0) is 7.82. The van der Waals surface area contributed by atoms with Gasteiger partial charge in [0, 0.05) is 6.61 Å². The van der Waals surface area contributed by atoms with Gasteiger partial charge in [-0.1, -0.05) is 6.08 Å². The Kier molecular flexibility index (Phi) is 6.48. The number of hydrogen-bond acceptors (Lipinski definition) is 3. The minimum atomic E-state index is -0.648. The van der Waals surface area contributed by atoms with Gasteiger partial charge in [-0.3, -0.25) is 0 Å². The fourth-order valence-electron chi connectivity index (χ4n) is 0.477. The first-order chi connectivity index (χ1) is 4.81. The van der Waals surface area contributed by atoms with Crippen molar-refractivity contribution in [3.05, 3.63) is 12.7 Å². The Hall–Kier alpha value is -0.380. The van der Waals surface area contributed by atoms with Gasteiger partial charge in [-0.25, -0.2) is 0 Å². The van der Waals surface area contributed by atoms with Crippen molar-refractivity contribution in [2.45, 2.75) is 12.5 Å². The van der Waals surface area contributed by atoms with Crippen molar-refractivity contribution < 1.29 is 14.9 Å². The molecule has 0 rings (SSSR count). The number of aliphatic hydroxyl groups is 2. The molecule has 0 aliphatic heterocycles. The molecule has 0 bridgehead atoms. The summed E-state index contributed by atoms with van der Waals surface area (Å²) in [5.74, 6) is 0. The number of rotatable bonds is 6. The molecule has 0 aromatic rings. The van der Waals surface area contributed by atoms with Crippen LogP contribution in [-0.4, -0.2) is 36.1 Å². The lowest BCUT2D eigenvalue weighted by Crippen LogP contribution is -2.14. The molecule has 1 unspecified atom stereocenters. The van der Waals surface area contributed by atoms with Crippen molar-refractivity contribution in [1.29, 1.82) is 0 Å². The summed E-state index contributed by atoms with van der Waals surface area (Å²) in [6, 6.07) is 0. The monoisotopic (exact) mass is 146 g/mol. The molecule has 0 saturated heterocycles. The van der Waals surface area contributed by atoms with Gasteiger partial charge in [0.15, 0.2) is 0 Å². The van der Waals surface area contributed by atoms with Gasteiger partial charge in [0.05, 0.1) is 19.3 Å². The highest BCUT2D eigenvalue weighted by Gasteiger charge is 1.99. The van der Waals surface area contributed by atoms with E-state index in [9.17, 15) is 0 Å². The third-order valence-electron chi connectivity index (χ3n) is 1.04. The molecular formula is C7H14O3. The van der Waals surface area contributed by atoms with Crippen LogP contribution in [0, 0.1) is 0 Å². The van der Waals surface area contributed by atoms with Gasteiger partial charge in [-0.15, -0.1) is 6.58 Å². The van der Waals surface area contributed by atoms with Gasteiger partial charge < -0.3 is 14.9 Å². The van der Waals surface area contributed by atoms with Crippen LogP contribution >= 0.6 is 0 Å². The molecule has 0 saturated carbocycles. The maximum absolute atomic E-state index is 8.80. The smallest absolute Gasteiger partial charge is 0.0792 e. The molecule has 0 radical (unpaired) electrons. The molecule has 2 N–H and O–H groups in total. The molecule has 60 valence electrons. The summed E-state index contributed by atoms with van der Waals surface area (Å²) >= 11 is 0. The van der Waals surface area contributed by atoms with E-state index in [0.29, 0.717) is 19.6 Å². The van der Waals surface area contributed by atoms with Crippen molar-refractivity contribution in [3.8, 4) is 0 Å². The van der Waals surface area contributed by atoms with E-state index >= 15 is 0 Å². The molecule has 1 atom stereocenters. The number of aliphatic hydroxyl groups excluding tert-OH is 2. The van der Waals surface area contributed by atoms with E-state index in [-0.39, 0.29) is 6.61 Å². The van der Waals surface area contributed by atoms with E-state index in [1.54, 1.807) is 6.08 Å². The molecule has 0 amide bonds. The summed E-state index contributed by atoms with van der Waals surface area (Å²) in [6.07, 6.45) is 1.47. The number of ether oxygens (including phenoxy) is 1. The van der Waals surface area contributed by atoms with Crippen LogP contribution < -0.4 is 0 Å². The van der Waals surface area contributed by atoms with Gasteiger partial charge in [-0.2, -0.15) is 0 Å². The molecular weight excluding hydrogens is 132 g/mol. The molecule has 0 aliphatic rings. The molecule has 0 spiro atoms. The highest BCUT2D eigenvalue weighted by atomic mass is 16.5. The second kappa shape index (κ2) is 6.74. The normalized spacial score (nSPS) is 13.0. The largest absolute Gasteiger partial charge is 0.394 e. The summed E-state index contributed by atoms with van der Waals surface area (Å²) in [5, 5.41) is 17.2. The summed E-state index contributed by atoms with van der Waals surface area (Å²) < 4.78 is 4.97. The van der Waals surface area contributed by atoms with Crippen molar-refractivity contribution >= 4 is 0 Å². The van der Waals surface area contributed by atoms with Crippen molar-refractivity contribution in [2.75, 3.05) is 19.8 Å². The molecule has 0 aliphatic carbocycles. The van der Waals surface area contributed by atoms with Crippen LogP contribution in [0.25, 0.3) is 0 Å². The Morgan fingerprint density at radius 1 is 1.60 bits per heavy atom. The van der Waals surface area contributed by atoms with Crippen LogP contribution in [0.2, 0.25) is 0 Å². The van der Waals surface area contributed by atoms with E-state index in [2.05, 4.69) is 6.58 Å². The summed E-state index contributed by atoms with van der Waals surface area (Å²) in [6.45, 7) is 4.23. The quantitative estimate of drug-likeness (QED) is 0.407. The zero-order valence-corrected chi connectivity index (χ0v) is 5.99. The van der Waals surface area contributed by atoms with Crippen molar-refractivity contribution in [2.24, 2.45) is 0 Å². The van der Waals surface area contributed by atoms with Crippen LogP contribution in [0.15, 0.2) is 12.7 Å². The average molecular weight is 146 g/mol. The van der Waals surface area contributed by atoms with E-state index in [1.807, 2.05) is 0 Å². The van der Waals surface area contributed by atoms with E-state index in [4.69, 9.17) is 14.9 Å². The topological polar surface area (TPSA) is 49.7 Å². The highest BCUT2D eigenvalue weighted by molar-refractivity contribution is 4.64. The molecule has 0 aromatic carbocycles. The van der Waals surface area contributed by atoms with E-state index in [0.717, 1.165) is 0 Å². The first-order valence-corrected chi connectivity index (χ1v) is 3.28. The van der Waals surface area contributed by atoms with Gasteiger partial charge in [0.25, 0.3) is 0 Å². The van der Waals surface area contributed by atoms with Crippen molar-refractivity contribution in [1.82, 2.24) is 0 Å². The Labute approximate surface area is 60.9 Å². The number of hydrogen-bond donors (Lipinski definition) is 2. The molecule has 0 aromatic heterocycles. The Morgan fingerprint density at radius 2 is 2.30 bits per heavy atom. The zero-order valence-electron chi connectivity index (χ0n) is 5.99. The van der Waals surface area contributed by atoms with Crippen LogP contribution in [0.3, 0.4) is 0 Å². The lowest BCUT2D eigenvalue weighted by atomic mass is 10.3. The highest BCUT2D eigenvalue weighted by Crippen LogP contribution is 1.90. The fraction of sp³-hybridized carbons (Fsp3) is 0.714. The summed E-state index contributed by atoms with van der Waals surface area (Å²) in [7, 11) is 0. The second-order valence-corrected chi connectivity index (χ2v) is 1.99. The maximum Gasteiger partial charge on any atom is 0.0792 e. The Morgan fingerprint density at radius 3 is 2.80 bits per heavy atom. The summed E-state index contributed by atoms with van der Waals surface area (Å²) in [4.78, 5) is 0. The van der Waals surface area contributed by atoms with Gasteiger partial charge in [0.1, 0.15) is 0 Å². The van der Waals surface area contributed by atoms with Crippen LogP contribution in [0.5, 0.6) is 0 Å². The van der Waals surface area contributed by atoms with Gasteiger partial charge in [0.2, 0.25) is 0 Å². The standard InChI is InChI=1S/C7H14O3/c1-2-4-10-5-3-7(9)6-8/h2,7-9H,1,3-6H2. The molecule has 0 fully saturated rings. The third-order valence-corrected chi connectivity index (χ3v) is 1.04. The SMILES string of the molecule is C=CCOCCC(O)CO. The lowest BCUT2D eigenvalue weighted by Gasteiger charge is -2.05. The fourth-order valence-corrected chi connectivity index (χ4v) is 0.477. The lowest BCUT2D eigenvalue weighted by molar-refractivity contribution is 0.0552. The molecule has 10 heavy (non-hydrogen) atoms. The van der Waals surface area contributed by atoms with E-state index < -0.39 is 6.10 Å². The molecule has 0 heterocycles. The molecule has 3 nitrogen and oxygen atoms in total. The second-order valence-electron chi connectivity index (χ2n) is 1.99. The van der Waals surface area contributed by atoms with Gasteiger partial charge in [-0.05, 0) is 6.42 Å². The summed E-state index contributed by atoms with van der Waals surface area (Å²) in [5.41, 5.74) is 0. The predicted octanol–water partition coefficient (Wildman–Crippen LogP) is -0.0677. The van der Waals surface area contributed by atoms with Crippen LogP contribution in [-0.2, 0) is 4.74 Å². The molecule has 3 heteroatoms. The van der Waals surface area contributed by atoms with Crippen molar-refractivity contribution in [3.63, 3.8) is 0 Å². The van der Waals surface area contributed by atoms with Crippen LogP contribution in [0.4, 0.5) is 0 Å². The van der Waals surface area contributed by atoms with E-state index in [1.165, 1.54) is 0 Å². The third kappa shape index (κ3) is 5.75. The first kappa shape index (κ1) is 9.62. The predicted molar refractivity (Wildman–Crippen MR) is 38.7 cm³/mol. The Balaban J connectivity index is 2.95.